The summed E-state index contributed by atoms with van der Waals surface area (Å²) >= 11 is 3.22. The van der Waals surface area contributed by atoms with Gasteiger partial charge in [0.2, 0.25) is 0 Å². The van der Waals surface area contributed by atoms with E-state index in [0.717, 1.165) is 0 Å². The molecule has 0 spiro atoms. The number of nitro benzene ring substituents is 1. The van der Waals surface area contributed by atoms with Gasteiger partial charge in [0, 0.05) is 23.0 Å². The van der Waals surface area contributed by atoms with Crippen molar-refractivity contribution in [3.63, 3.8) is 0 Å². The number of nitro groups is 1. The predicted molar refractivity (Wildman–Crippen MR) is 61.4 cm³/mol. The average Bonchev–Trinajstić information content (AvgIpc) is 2.29. The Morgan fingerprint density at radius 2 is 2.38 bits per heavy atom. The lowest BCUT2D eigenvalue weighted by atomic mass is 10.2. The van der Waals surface area contributed by atoms with Gasteiger partial charge in [0.25, 0.3) is 5.69 Å². The van der Waals surface area contributed by atoms with E-state index in [1.54, 1.807) is 6.92 Å². The summed E-state index contributed by atoms with van der Waals surface area (Å²) in [6, 6.07) is 6.21. The number of non-ortho nitro benzene ring substituents is 1. The summed E-state index contributed by atoms with van der Waals surface area (Å²) in [6.07, 6.45) is -0.584. The molecule has 0 aliphatic rings. The number of hydrogen-bond donors (Lipinski definition) is 0. The zero-order valence-corrected chi connectivity index (χ0v) is 10.1. The van der Waals surface area contributed by atoms with E-state index in [4.69, 9.17) is 10.00 Å². The summed E-state index contributed by atoms with van der Waals surface area (Å²) in [6.45, 7) is 1.61. The second-order valence-corrected chi connectivity index (χ2v) is 3.63. The van der Waals surface area contributed by atoms with Crippen LogP contribution in [-0.2, 0) is 5.33 Å². The van der Waals surface area contributed by atoms with Crippen molar-refractivity contribution >= 4 is 21.6 Å². The van der Waals surface area contributed by atoms with Crippen LogP contribution in [0, 0.1) is 21.4 Å². The fourth-order valence-electron chi connectivity index (χ4n) is 1.12. The van der Waals surface area contributed by atoms with Crippen molar-refractivity contribution in [3.05, 3.63) is 33.9 Å². The van der Waals surface area contributed by atoms with E-state index in [9.17, 15) is 10.1 Å². The Morgan fingerprint density at radius 3 is 2.88 bits per heavy atom. The normalized spacial score (nSPS) is 11.6. The summed E-state index contributed by atoms with van der Waals surface area (Å²) in [4.78, 5) is 10.1. The van der Waals surface area contributed by atoms with Crippen LogP contribution in [-0.4, -0.2) is 11.0 Å². The van der Waals surface area contributed by atoms with Gasteiger partial charge < -0.3 is 4.74 Å². The zero-order chi connectivity index (χ0) is 12.1. The fraction of sp³-hybridized carbons (Fsp3) is 0.300. The van der Waals surface area contributed by atoms with E-state index in [-0.39, 0.29) is 5.69 Å². The van der Waals surface area contributed by atoms with E-state index < -0.39 is 11.0 Å². The van der Waals surface area contributed by atoms with Gasteiger partial charge in [-0.15, -0.1) is 0 Å². The highest BCUT2D eigenvalue weighted by molar-refractivity contribution is 9.08. The van der Waals surface area contributed by atoms with Crippen LogP contribution in [0.4, 0.5) is 5.69 Å². The lowest BCUT2D eigenvalue weighted by molar-refractivity contribution is -0.384. The molecule has 0 radical (unpaired) electrons. The topological polar surface area (TPSA) is 76.2 Å². The van der Waals surface area contributed by atoms with Crippen LogP contribution in [0.3, 0.4) is 0 Å². The maximum atomic E-state index is 10.6. The molecule has 16 heavy (non-hydrogen) atoms. The van der Waals surface area contributed by atoms with Crippen molar-refractivity contribution < 1.29 is 9.66 Å². The molecule has 0 aliphatic heterocycles. The van der Waals surface area contributed by atoms with Crippen molar-refractivity contribution in [1.82, 2.24) is 0 Å². The van der Waals surface area contributed by atoms with Crippen molar-refractivity contribution in [2.45, 2.75) is 18.4 Å². The molecular formula is C10H9BrN2O3. The van der Waals surface area contributed by atoms with Gasteiger partial charge in [-0.1, -0.05) is 15.9 Å². The van der Waals surface area contributed by atoms with Crippen LogP contribution in [0.5, 0.6) is 5.75 Å². The second-order valence-electron chi connectivity index (χ2n) is 3.07. The lowest BCUT2D eigenvalue weighted by Gasteiger charge is -2.10. The third-order valence-corrected chi connectivity index (χ3v) is 2.49. The maximum absolute atomic E-state index is 10.6. The third kappa shape index (κ3) is 2.94. The standard InChI is InChI=1S/C10H9BrN2O3/c1-7(6-12)16-10-3-2-9(13(14)15)4-8(10)5-11/h2-4,7H,5H2,1H3. The van der Waals surface area contributed by atoms with Gasteiger partial charge in [-0.05, 0) is 13.0 Å². The van der Waals surface area contributed by atoms with Gasteiger partial charge in [0.05, 0.1) is 4.92 Å². The Bertz CT molecular complexity index is 442. The Balaban J connectivity index is 3.03. The predicted octanol–water partition coefficient (Wildman–Crippen LogP) is 2.78. The molecule has 0 fully saturated rings. The zero-order valence-electron chi connectivity index (χ0n) is 8.51. The van der Waals surface area contributed by atoms with Crippen LogP contribution in [0.15, 0.2) is 18.2 Å². The van der Waals surface area contributed by atoms with E-state index in [0.29, 0.717) is 16.6 Å². The molecule has 0 heterocycles. The molecule has 0 saturated heterocycles. The van der Waals surface area contributed by atoms with Crippen molar-refractivity contribution in [2.24, 2.45) is 0 Å². The Labute approximate surface area is 101 Å². The number of halogens is 1. The molecular weight excluding hydrogens is 276 g/mol. The van der Waals surface area contributed by atoms with Crippen LogP contribution >= 0.6 is 15.9 Å². The first kappa shape index (κ1) is 12.5. The Kier molecular flexibility index (Phi) is 4.26. The maximum Gasteiger partial charge on any atom is 0.270 e. The summed E-state index contributed by atoms with van der Waals surface area (Å²) < 4.78 is 5.31. The monoisotopic (exact) mass is 284 g/mol. The highest BCUT2D eigenvalue weighted by Gasteiger charge is 2.12. The smallest absolute Gasteiger partial charge is 0.270 e. The molecule has 5 nitrogen and oxygen atoms in total. The molecule has 1 unspecified atom stereocenters. The van der Waals surface area contributed by atoms with Crippen LogP contribution in [0.25, 0.3) is 0 Å². The SMILES string of the molecule is CC(C#N)Oc1ccc([N+](=O)[O-])cc1CBr. The molecule has 0 amide bonds. The van der Waals surface area contributed by atoms with Gasteiger partial charge >= 0.3 is 0 Å². The summed E-state index contributed by atoms with van der Waals surface area (Å²) in [5, 5.41) is 19.6. The first-order chi connectivity index (χ1) is 7.58. The molecule has 0 saturated carbocycles. The molecule has 0 aromatic heterocycles. The van der Waals surface area contributed by atoms with Crippen molar-refractivity contribution in [1.29, 1.82) is 5.26 Å². The molecule has 0 aliphatic carbocycles. The van der Waals surface area contributed by atoms with E-state index in [2.05, 4.69) is 15.9 Å². The van der Waals surface area contributed by atoms with E-state index >= 15 is 0 Å². The van der Waals surface area contributed by atoms with Crippen molar-refractivity contribution in [3.8, 4) is 11.8 Å². The van der Waals surface area contributed by atoms with E-state index in [1.165, 1.54) is 18.2 Å². The quantitative estimate of drug-likeness (QED) is 0.484. The average molecular weight is 285 g/mol. The molecule has 1 atom stereocenters. The van der Waals surface area contributed by atoms with Crippen LogP contribution in [0.1, 0.15) is 12.5 Å². The summed E-state index contributed by atoms with van der Waals surface area (Å²) in [5.74, 6) is 0.483. The molecule has 84 valence electrons. The lowest BCUT2D eigenvalue weighted by Crippen LogP contribution is -2.09. The molecule has 1 aromatic carbocycles. The number of nitrogens with zero attached hydrogens (tertiary/aromatic N) is 2. The van der Waals surface area contributed by atoms with Gasteiger partial charge in [0.15, 0.2) is 6.10 Å². The molecule has 0 N–H and O–H groups in total. The molecule has 6 heteroatoms. The van der Waals surface area contributed by atoms with Gasteiger partial charge in [0.1, 0.15) is 11.8 Å². The summed E-state index contributed by atoms with van der Waals surface area (Å²) in [7, 11) is 0. The first-order valence-electron chi connectivity index (χ1n) is 4.48. The van der Waals surface area contributed by atoms with Gasteiger partial charge in [-0.2, -0.15) is 5.26 Å². The van der Waals surface area contributed by atoms with Crippen LogP contribution in [0.2, 0.25) is 0 Å². The highest BCUT2D eigenvalue weighted by atomic mass is 79.9. The highest BCUT2D eigenvalue weighted by Crippen LogP contribution is 2.26. The Morgan fingerprint density at radius 1 is 1.69 bits per heavy atom. The minimum atomic E-state index is -0.584. The third-order valence-electron chi connectivity index (χ3n) is 1.88. The first-order valence-corrected chi connectivity index (χ1v) is 5.60. The fourth-order valence-corrected chi connectivity index (χ4v) is 1.55. The second kappa shape index (κ2) is 5.47. The minimum absolute atomic E-state index is 0.00594. The number of rotatable bonds is 4. The van der Waals surface area contributed by atoms with E-state index in [1.807, 2.05) is 6.07 Å². The number of ether oxygens (including phenoxy) is 1. The number of alkyl halides is 1. The van der Waals surface area contributed by atoms with Gasteiger partial charge in [-0.25, -0.2) is 0 Å². The molecule has 0 bridgehead atoms. The summed E-state index contributed by atoms with van der Waals surface area (Å²) in [5.41, 5.74) is 0.655. The molecule has 1 aromatic rings. The van der Waals surface area contributed by atoms with Gasteiger partial charge in [-0.3, -0.25) is 10.1 Å². The number of benzene rings is 1. The van der Waals surface area contributed by atoms with Crippen LogP contribution < -0.4 is 4.74 Å². The largest absolute Gasteiger partial charge is 0.476 e. The number of nitriles is 1. The van der Waals surface area contributed by atoms with Crippen molar-refractivity contribution in [2.75, 3.05) is 0 Å². The Hall–Kier alpha value is -1.61. The minimum Gasteiger partial charge on any atom is -0.476 e. The molecule has 1 rings (SSSR count). The number of hydrogen-bond acceptors (Lipinski definition) is 4.